The van der Waals surface area contributed by atoms with Crippen LogP contribution in [0.15, 0.2) is 12.1 Å². The van der Waals surface area contributed by atoms with Crippen LogP contribution in [0.4, 0.5) is 0 Å². The van der Waals surface area contributed by atoms with E-state index < -0.39 is 0 Å². The fraction of sp³-hybridized carbons (Fsp3) is 0.769. The quantitative estimate of drug-likeness (QED) is 0.397. The van der Waals surface area contributed by atoms with E-state index in [0.29, 0.717) is 24.3 Å². The van der Waals surface area contributed by atoms with Crippen molar-refractivity contribution < 1.29 is 14.9 Å². The van der Waals surface area contributed by atoms with Gasteiger partial charge in [-0.25, -0.2) is 0 Å². The topological polar surface area (TPSA) is 61.7 Å². The van der Waals surface area contributed by atoms with Gasteiger partial charge in [0.25, 0.3) is 0 Å². The molecule has 1 aromatic rings. The summed E-state index contributed by atoms with van der Waals surface area (Å²) in [6.45, 7) is 12.0. The largest absolute Gasteiger partial charge is 0.508 e. The molecule has 1 aromatic carbocycles. The van der Waals surface area contributed by atoms with Crippen molar-refractivity contribution in [1.29, 1.82) is 0 Å². The van der Waals surface area contributed by atoms with E-state index in [1.807, 2.05) is 6.07 Å². The van der Waals surface area contributed by atoms with Gasteiger partial charge in [-0.05, 0) is 68.6 Å². The monoisotopic (exact) mass is 453 g/mol. The molecule has 1 fully saturated rings. The predicted molar refractivity (Wildman–Crippen MR) is 131 cm³/mol. The van der Waals surface area contributed by atoms with Crippen LogP contribution in [0, 0.1) is 5.92 Å². The Morgan fingerprint density at radius 2 is 1.90 bits per heavy atom. The number of nitrogens with one attached hydrogen (secondary N) is 1. The molecule has 0 bridgehead atoms. The lowest BCUT2D eigenvalue weighted by molar-refractivity contribution is -0.0124. The van der Waals surface area contributed by atoms with Crippen LogP contribution in [0.5, 0.6) is 11.5 Å². The normalized spacial score (nSPS) is 24.5. The van der Waals surface area contributed by atoms with Gasteiger partial charge in [0.2, 0.25) is 0 Å². The molecule has 0 saturated heterocycles. The zero-order valence-corrected chi connectivity index (χ0v) is 21.0. The van der Waals surface area contributed by atoms with Crippen LogP contribution < -0.4 is 10.1 Å². The van der Waals surface area contributed by atoms with Crippen molar-refractivity contribution in [2.75, 3.05) is 13.2 Å². The van der Waals surface area contributed by atoms with Crippen LogP contribution in [-0.4, -0.2) is 35.0 Å². The Hall–Kier alpha value is -0.970. The lowest BCUT2D eigenvalue weighted by Crippen LogP contribution is -2.49. The molecule has 3 N–H and O–H groups in total. The predicted octanol–water partition coefficient (Wildman–Crippen LogP) is 6.07. The summed E-state index contributed by atoms with van der Waals surface area (Å²) < 4.78 is 6.54. The molecule has 5 heteroatoms. The number of hydrogen-bond donors (Lipinski definition) is 3. The first-order valence-electron chi connectivity index (χ1n) is 12.1. The molecule has 4 nitrogen and oxygen atoms in total. The summed E-state index contributed by atoms with van der Waals surface area (Å²) in [6.07, 6.45) is 9.29. The van der Waals surface area contributed by atoms with Crippen molar-refractivity contribution >= 4 is 12.4 Å². The number of ether oxygens (including phenoxy) is 1. The van der Waals surface area contributed by atoms with Crippen molar-refractivity contribution in [2.24, 2.45) is 5.92 Å². The number of phenols is 1. The average molecular weight is 454 g/mol. The zero-order valence-electron chi connectivity index (χ0n) is 20.2. The lowest BCUT2D eigenvalue weighted by Gasteiger charge is -2.49. The maximum Gasteiger partial charge on any atom is 0.127 e. The summed E-state index contributed by atoms with van der Waals surface area (Å²) in [4.78, 5) is 0. The Kier molecular flexibility index (Phi) is 9.13. The fourth-order valence-corrected chi connectivity index (χ4v) is 5.73. The Balaban J connectivity index is 0.00000341. The molecule has 0 aromatic heterocycles. The van der Waals surface area contributed by atoms with E-state index in [4.69, 9.17) is 4.74 Å². The highest BCUT2D eigenvalue weighted by Gasteiger charge is 2.47. The second-order valence-corrected chi connectivity index (χ2v) is 10.7. The van der Waals surface area contributed by atoms with Crippen molar-refractivity contribution in [1.82, 2.24) is 5.32 Å². The number of benzene rings is 1. The Morgan fingerprint density at radius 3 is 2.58 bits per heavy atom. The van der Waals surface area contributed by atoms with Gasteiger partial charge < -0.3 is 20.3 Å². The van der Waals surface area contributed by atoms with E-state index in [2.05, 4.69) is 46.0 Å². The molecular formula is C26H44ClNO3. The Labute approximate surface area is 195 Å². The summed E-state index contributed by atoms with van der Waals surface area (Å²) in [5.74, 6) is 1.96. The van der Waals surface area contributed by atoms with Crippen LogP contribution in [-0.2, 0) is 5.41 Å². The number of aromatic hydroxyl groups is 1. The average Bonchev–Trinajstić information content (AvgIpc) is 2.68. The van der Waals surface area contributed by atoms with Gasteiger partial charge in [-0.15, -0.1) is 12.4 Å². The summed E-state index contributed by atoms with van der Waals surface area (Å²) in [7, 11) is 0. The van der Waals surface area contributed by atoms with Gasteiger partial charge in [-0.2, -0.15) is 0 Å². The van der Waals surface area contributed by atoms with Gasteiger partial charge >= 0.3 is 0 Å². The number of aliphatic hydroxyl groups is 1. The van der Waals surface area contributed by atoms with Gasteiger partial charge in [-0.3, -0.25) is 0 Å². The minimum absolute atomic E-state index is 0. The molecule has 3 unspecified atom stereocenters. The summed E-state index contributed by atoms with van der Waals surface area (Å²) in [5, 5.41) is 23.8. The zero-order chi connectivity index (χ0) is 21.9. The smallest absolute Gasteiger partial charge is 0.127 e. The molecule has 1 saturated carbocycles. The maximum atomic E-state index is 11.1. The van der Waals surface area contributed by atoms with E-state index in [9.17, 15) is 10.2 Å². The van der Waals surface area contributed by atoms with Gasteiger partial charge in [0.15, 0.2) is 0 Å². The molecular weight excluding hydrogens is 410 g/mol. The standard InChI is InChI=1S/C26H43NO3.ClH/c1-6-7-8-9-12-25(2,3)18-15-22(29)24-20-17-19(27-13-14-28)10-11-21(20)26(4,5)30-23(24)16-18;/h15-16,19-21,27-29H,6-14,17H2,1-5H3;1H. The van der Waals surface area contributed by atoms with Crippen LogP contribution in [0.1, 0.15) is 103 Å². The molecule has 3 rings (SSSR count). The number of fused-ring (bicyclic) bond motifs is 3. The van der Waals surface area contributed by atoms with Crippen molar-refractivity contribution in [3.63, 3.8) is 0 Å². The molecule has 2 aliphatic rings. The number of phenolic OH excluding ortho intramolecular Hbond substituents is 1. The SMILES string of the molecule is CCCCCCC(C)(C)c1cc(O)c2c(c1)OC(C)(C)C1CCC(NCCO)CC21.Cl. The highest BCUT2D eigenvalue weighted by atomic mass is 35.5. The molecule has 0 amide bonds. The highest BCUT2D eigenvalue weighted by molar-refractivity contribution is 5.85. The fourth-order valence-electron chi connectivity index (χ4n) is 5.73. The Bertz CT molecular complexity index is 719. The number of unbranched alkanes of at least 4 members (excludes halogenated alkanes) is 3. The van der Waals surface area contributed by atoms with E-state index in [0.717, 1.165) is 37.0 Å². The highest BCUT2D eigenvalue weighted by Crippen LogP contribution is 2.55. The van der Waals surface area contributed by atoms with Crippen molar-refractivity contribution in [3.05, 3.63) is 23.3 Å². The second-order valence-electron chi connectivity index (χ2n) is 10.7. The number of aliphatic hydroxyl groups excluding tert-OH is 1. The van der Waals surface area contributed by atoms with E-state index >= 15 is 0 Å². The number of hydrogen-bond acceptors (Lipinski definition) is 4. The molecule has 0 spiro atoms. The van der Waals surface area contributed by atoms with E-state index in [1.54, 1.807) is 0 Å². The maximum absolute atomic E-state index is 11.1. The Morgan fingerprint density at radius 1 is 1.16 bits per heavy atom. The first kappa shape index (κ1) is 26.3. The van der Waals surface area contributed by atoms with Crippen LogP contribution >= 0.6 is 12.4 Å². The van der Waals surface area contributed by atoms with Crippen molar-refractivity contribution in [2.45, 2.75) is 109 Å². The third kappa shape index (κ3) is 5.89. The molecule has 31 heavy (non-hydrogen) atoms. The van der Waals surface area contributed by atoms with Crippen LogP contribution in [0.25, 0.3) is 0 Å². The van der Waals surface area contributed by atoms with E-state index in [-0.39, 0.29) is 35.9 Å². The third-order valence-corrected chi connectivity index (χ3v) is 7.59. The molecule has 178 valence electrons. The minimum Gasteiger partial charge on any atom is -0.508 e. The van der Waals surface area contributed by atoms with Gasteiger partial charge in [0.1, 0.15) is 17.1 Å². The second kappa shape index (κ2) is 10.8. The molecule has 1 aliphatic heterocycles. The first-order chi connectivity index (χ1) is 14.2. The van der Waals surface area contributed by atoms with E-state index in [1.165, 1.54) is 31.2 Å². The number of rotatable bonds is 9. The molecule has 1 aliphatic carbocycles. The van der Waals surface area contributed by atoms with Crippen LogP contribution in [0.2, 0.25) is 0 Å². The van der Waals surface area contributed by atoms with Crippen molar-refractivity contribution in [3.8, 4) is 11.5 Å². The first-order valence-corrected chi connectivity index (χ1v) is 12.1. The summed E-state index contributed by atoms with van der Waals surface area (Å²) >= 11 is 0. The molecule has 3 atom stereocenters. The molecule has 0 radical (unpaired) electrons. The van der Waals surface area contributed by atoms with Gasteiger partial charge in [0, 0.05) is 24.1 Å². The molecule has 1 heterocycles. The van der Waals surface area contributed by atoms with Gasteiger partial charge in [-0.1, -0.05) is 46.5 Å². The summed E-state index contributed by atoms with van der Waals surface area (Å²) in [5.41, 5.74) is 1.95. The van der Waals surface area contributed by atoms with Gasteiger partial charge in [0.05, 0.1) is 6.61 Å². The number of halogens is 1. The minimum atomic E-state index is -0.240. The lowest BCUT2D eigenvalue weighted by atomic mass is 9.65. The van der Waals surface area contributed by atoms with Crippen LogP contribution in [0.3, 0.4) is 0 Å². The third-order valence-electron chi connectivity index (χ3n) is 7.59. The summed E-state index contributed by atoms with van der Waals surface area (Å²) in [6, 6.07) is 4.59.